The molecule has 0 saturated carbocycles. The van der Waals surface area contributed by atoms with Gasteiger partial charge in [-0.25, -0.2) is 4.98 Å². The molecule has 0 bridgehead atoms. The standard InChI is InChI=1S/C14H18N5O/c1-4-6-12-14-13(20-3)7-5-8-19(14,11(2)17-12)18-10-15-9-16-18/h5,7-10H,4,6H2,1-3H3/q+1. The Kier molecular flexibility index (Phi) is 3.02. The van der Waals surface area contributed by atoms with E-state index in [1.165, 1.54) is 6.33 Å². The predicted octanol–water partition coefficient (Wildman–Crippen LogP) is 2.22. The zero-order chi connectivity index (χ0) is 14.2. The van der Waals surface area contributed by atoms with Crippen LogP contribution in [-0.2, 0) is 4.74 Å². The van der Waals surface area contributed by atoms with Crippen molar-refractivity contribution in [3.8, 4) is 0 Å². The third-order valence-electron chi connectivity index (χ3n) is 3.62. The minimum absolute atomic E-state index is 0.314. The molecule has 6 heteroatoms. The molecular weight excluding hydrogens is 254 g/mol. The van der Waals surface area contributed by atoms with Gasteiger partial charge in [-0.3, -0.25) is 0 Å². The van der Waals surface area contributed by atoms with Gasteiger partial charge in [0.05, 0.1) is 7.11 Å². The molecule has 2 aliphatic heterocycles. The van der Waals surface area contributed by atoms with Gasteiger partial charge in [-0.15, -0.1) is 5.10 Å². The minimum Gasteiger partial charge on any atom is -0.491 e. The molecule has 104 valence electrons. The predicted molar refractivity (Wildman–Crippen MR) is 76.8 cm³/mol. The van der Waals surface area contributed by atoms with E-state index in [4.69, 9.17) is 9.73 Å². The largest absolute Gasteiger partial charge is 0.491 e. The summed E-state index contributed by atoms with van der Waals surface area (Å²) >= 11 is 0. The van der Waals surface area contributed by atoms with E-state index in [1.54, 1.807) is 18.2 Å². The Bertz CT molecular complexity index is 639. The number of ether oxygens (including phenoxy) is 1. The quantitative estimate of drug-likeness (QED) is 0.790. The van der Waals surface area contributed by atoms with Crippen LogP contribution in [0.25, 0.3) is 0 Å². The molecule has 0 spiro atoms. The summed E-state index contributed by atoms with van der Waals surface area (Å²) in [6.45, 7) is 4.16. The van der Waals surface area contributed by atoms with Crippen molar-refractivity contribution >= 4 is 5.84 Å². The molecule has 6 nitrogen and oxygen atoms in total. The van der Waals surface area contributed by atoms with Crippen molar-refractivity contribution in [1.82, 2.24) is 19.5 Å². The highest BCUT2D eigenvalue weighted by molar-refractivity contribution is 5.94. The van der Waals surface area contributed by atoms with E-state index in [1.807, 2.05) is 25.3 Å². The van der Waals surface area contributed by atoms with E-state index in [0.717, 1.165) is 35.8 Å². The number of quaternary nitrogens is 1. The van der Waals surface area contributed by atoms with E-state index in [-0.39, 0.29) is 0 Å². The maximum Gasteiger partial charge on any atom is 0.236 e. The van der Waals surface area contributed by atoms with Crippen molar-refractivity contribution in [2.45, 2.75) is 26.7 Å². The first-order valence-electron chi connectivity index (χ1n) is 6.71. The van der Waals surface area contributed by atoms with Gasteiger partial charge < -0.3 is 4.74 Å². The number of aromatic nitrogens is 3. The van der Waals surface area contributed by atoms with Crippen LogP contribution in [0.5, 0.6) is 0 Å². The van der Waals surface area contributed by atoms with Crippen LogP contribution in [-0.4, -0.2) is 27.8 Å². The molecule has 0 radical (unpaired) electrons. The molecule has 1 atom stereocenters. The zero-order valence-electron chi connectivity index (χ0n) is 11.9. The molecule has 2 aliphatic rings. The van der Waals surface area contributed by atoms with Gasteiger partial charge in [0, 0.05) is 6.92 Å². The van der Waals surface area contributed by atoms with Crippen LogP contribution in [0.1, 0.15) is 26.7 Å². The average molecular weight is 272 g/mol. The Morgan fingerprint density at radius 1 is 1.40 bits per heavy atom. The number of rotatable bonds is 4. The van der Waals surface area contributed by atoms with E-state index >= 15 is 0 Å². The van der Waals surface area contributed by atoms with Gasteiger partial charge >= 0.3 is 0 Å². The van der Waals surface area contributed by atoms with Crippen LogP contribution < -0.4 is 4.59 Å². The lowest BCUT2D eigenvalue weighted by Crippen LogP contribution is -2.55. The average Bonchev–Trinajstić information content (AvgIpc) is 3.07. The molecule has 20 heavy (non-hydrogen) atoms. The van der Waals surface area contributed by atoms with Crippen LogP contribution in [0.2, 0.25) is 0 Å². The number of aliphatic imine (C=N–C) groups is 1. The smallest absolute Gasteiger partial charge is 0.236 e. The number of hydrogen-bond donors (Lipinski definition) is 0. The fourth-order valence-electron chi connectivity index (χ4n) is 2.77. The second-order valence-corrected chi connectivity index (χ2v) is 4.78. The number of nitrogens with zero attached hydrogens (tertiary/aromatic N) is 5. The minimum atomic E-state index is 0.314. The summed E-state index contributed by atoms with van der Waals surface area (Å²) in [4.78, 5) is 10.6. The molecule has 1 aromatic rings. The number of allylic oxidation sites excluding steroid dienone is 3. The summed E-state index contributed by atoms with van der Waals surface area (Å²) in [5, 5.41) is 4.32. The van der Waals surface area contributed by atoms with Crippen molar-refractivity contribution in [3.05, 3.63) is 48.2 Å². The van der Waals surface area contributed by atoms with Gasteiger partial charge in [-0.05, 0) is 18.6 Å². The molecule has 3 rings (SSSR count). The Morgan fingerprint density at radius 3 is 2.90 bits per heavy atom. The fourth-order valence-corrected chi connectivity index (χ4v) is 2.77. The summed E-state index contributed by atoms with van der Waals surface area (Å²) in [5.41, 5.74) is 2.08. The van der Waals surface area contributed by atoms with Gasteiger partial charge in [0.1, 0.15) is 18.2 Å². The van der Waals surface area contributed by atoms with Crippen LogP contribution in [0.4, 0.5) is 0 Å². The van der Waals surface area contributed by atoms with Gasteiger partial charge in [-0.1, -0.05) is 22.7 Å². The van der Waals surface area contributed by atoms with Crippen molar-refractivity contribution in [3.63, 3.8) is 0 Å². The molecule has 0 saturated heterocycles. The third-order valence-corrected chi connectivity index (χ3v) is 3.62. The third kappa shape index (κ3) is 1.58. The molecule has 0 aromatic carbocycles. The first-order valence-corrected chi connectivity index (χ1v) is 6.71. The molecule has 0 fully saturated rings. The second-order valence-electron chi connectivity index (χ2n) is 4.78. The molecule has 1 unspecified atom stereocenters. The second kappa shape index (κ2) is 4.72. The van der Waals surface area contributed by atoms with E-state index in [9.17, 15) is 0 Å². The number of amidine groups is 1. The van der Waals surface area contributed by atoms with E-state index in [2.05, 4.69) is 17.0 Å². The van der Waals surface area contributed by atoms with Gasteiger partial charge in [0.25, 0.3) is 0 Å². The Hall–Kier alpha value is -2.21. The Labute approximate surface area is 118 Å². The molecule has 0 N–H and O–H groups in total. The maximum atomic E-state index is 5.55. The summed E-state index contributed by atoms with van der Waals surface area (Å²) in [6, 6.07) is 0. The lowest BCUT2D eigenvalue weighted by molar-refractivity contribution is 0.253. The highest BCUT2D eigenvalue weighted by Crippen LogP contribution is 2.37. The molecule has 3 heterocycles. The molecular formula is C14H18N5O+. The monoisotopic (exact) mass is 272 g/mol. The summed E-state index contributed by atoms with van der Waals surface area (Å²) in [5.74, 6) is 1.76. The van der Waals surface area contributed by atoms with Crippen LogP contribution in [0.3, 0.4) is 0 Å². The molecule has 0 aliphatic carbocycles. The first-order chi connectivity index (χ1) is 9.74. The topological polar surface area (TPSA) is 52.3 Å². The summed E-state index contributed by atoms with van der Waals surface area (Å²) < 4.78 is 5.87. The van der Waals surface area contributed by atoms with Gasteiger partial charge in [-0.2, -0.15) is 4.99 Å². The van der Waals surface area contributed by atoms with Crippen molar-refractivity contribution in [2.75, 3.05) is 7.11 Å². The zero-order valence-corrected chi connectivity index (χ0v) is 11.9. The Morgan fingerprint density at radius 2 is 2.25 bits per heavy atom. The number of methoxy groups -OCH3 is 1. The van der Waals surface area contributed by atoms with Crippen LogP contribution in [0.15, 0.2) is 53.2 Å². The SMILES string of the molecule is CCCC1=C2C(OC)=CC=C[N+]2(n2cncn2)C(C)=N1. The van der Waals surface area contributed by atoms with Crippen molar-refractivity contribution in [1.29, 1.82) is 0 Å². The molecule has 0 amide bonds. The summed E-state index contributed by atoms with van der Waals surface area (Å²) in [6.07, 6.45) is 11.2. The van der Waals surface area contributed by atoms with Crippen LogP contribution in [0, 0.1) is 0 Å². The Balaban J connectivity index is 2.24. The normalized spacial score (nSPS) is 24.6. The lowest BCUT2D eigenvalue weighted by Gasteiger charge is -2.31. The van der Waals surface area contributed by atoms with Gasteiger partial charge in [0.15, 0.2) is 12.1 Å². The van der Waals surface area contributed by atoms with E-state index < -0.39 is 0 Å². The van der Waals surface area contributed by atoms with Crippen molar-refractivity contribution < 1.29 is 4.74 Å². The summed E-state index contributed by atoms with van der Waals surface area (Å²) in [7, 11) is 1.69. The first kappa shape index (κ1) is 12.8. The highest BCUT2D eigenvalue weighted by Gasteiger charge is 2.49. The maximum absolute atomic E-state index is 5.55. The number of fused-ring (bicyclic) bond motifs is 1. The van der Waals surface area contributed by atoms with Crippen LogP contribution >= 0.6 is 0 Å². The number of hydrogen-bond acceptors (Lipinski definition) is 4. The van der Waals surface area contributed by atoms with Gasteiger partial charge in [0.2, 0.25) is 11.5 Å². The van der Waals surface area contributed by atoms with Crippen molar-refractivity contribution in [2.24, 2.45) is 4.99 Å². The van der Waals surface area contributed by atoms with E-state index in [0.29, 0.717) is 4.59 Å². The highest BCUT2D eigenvalue weighted by atomic mass is 16.5. The molecule has 1 aromatic heterocycles. The fraction of sp³-hybridized carbons (Fsp3) is 0.357. The lowest BCUT2D eigenvalue weighted by atomic mass is 10.1.